The van der Waals surface area contributed by atoms with E-state index in [-0.39, 0.29) is 28.1 Å². The standard InChI is InChI=1S/C12H13ClN5O6P/c13-10-16-7(14)5-8(17-10)18(3-15-5)6-4-1-11(4,2-24-25(21,22)23)9(19)12(6,18)20/h3-4,6,9,19-20H,1-2H2,(H3-,14,16,17,21,22,23)/p+1/t4-,6?,9-,11+,12+,18?/m1/s1. The molecule has 4 aliphatic rings. The van der Waals surface area contributed by atoms with Gasteiger partial charge in [-0.2, -0.15) is 19.4 Å². The van der Waals surface area contributed by atoms with Crippen LogP contribution < -0.4 is 10.2 Å². The molecule has 11 nitrogen and oxygen atoms in total. The summed E-state index contributed by atoms with van der Waals surface area (Å²) in [4.78, 5) is 30.0. The van der Waals surface area contributed by atoms with Crippen LogP contribution in [-0.4, -0.2) is 60.8 Å². The molecule has 3 fully saturated rings. The van der Waals surface area contributed by atoms with Crippen LogP contribution in [0, 0.1) is 11.3 Å². The maximum Gasteiger partial charge on any atom is 0.469 e. The van der Waals surface area contributed by atoms with Crippen LogP contribution in [0.5, 0.6) is 0 Å². The zero-order valence-corrected chi connectivity index (χ0v) is 14.2. The molecular weight excluding hydrogens is 377 g/mol. The number of aromatic nitrogens is 2. The summed E-state index contributed by atoms with van der Waals surface area (Å²) < 4.78 is 15.4. The van der Waals surface area contributed by atoms with E-state index in [0.29, 0.717) is 17.9 Å². The van der Waals surface area contributed by atoms with Crippen molar-refractivity contribution in [3.8, 4) is 0 Å². The van der Waals surface area contributed by atoms with Crippen LogP contribution in [0.4, 0.5) is 17.3 Å². The number of fused-ring (bicyclic) bond motifs is 7. The molecule has 13 heteroatoms. The normalized spacial score (nSPS) is 45.4. The lowest BCUT2D eigenvalue weighted by Gasteiger charge is -2.26. The van der Waals surface area contributed by atoms with Crippen molar-refractivity contribution >= 4 is 43.1 Å². The molecule has 2 aliphatic heterocycles. The molecule has 3 heterocycles. The third-order valence-corrected chi connectivity index (χ3v) is 6.63. The van der Waals surface area contributed by atoms with Gasteiger partial charge < -0.3 is 25.7 Å². The number of phosphoric acid groups is 1. The molecular formula is C12H14ClN5O6P+. The van der Waals surface area contributed by atoms with Gasteiger partial charge in [0.1, 0.15) is 0 Å². The van der Waals surface area contributed by atoms with Crippen LogP contribution in [0.25, 0.3) is 0 Å². The number of rotatable bonds is 3. The van der Waals surface area contributed by atoms with E-state index in [4.69, 9.17) is 27.1 Å². The van der Waals surface area contributed by atoms with Crippen molar-refractivity contribution in [1.29, 1.82) is 0 Å². The van der Waals surface area contributed by atoms with E-state index in [1.165, 1.54) is 6.34 Å². The molecule has 2 unspecified atom stereocenters. The van der Waals surface area contributed by atoms with Gasteiger partial charge in [0.25, 0.3) is 11.5 Å². The van der Waals surface area contributed by atoms with E-state index in [2.05, 4.69) is 19.5 Å². The first-order valence-electron chi connectivity index (χ1n) is 7.46. The Kier molecular flexibility index (Phi) is 2.70. The molecule has 25 heavy (non-hydrogen) atoms. The molecule has 0 amide bonds. The minimum absolute atomic E-state index is 0.0798. The summed E-state index contributed by atoms with van der Waals surface area (Å²) in [5, 5.41) is 21.8. The van der Waals surface area contributed by atoms with Gasteiger partial charge in [0, 0.05) is 11.3 Å². The van der Waals surface area contributed by atoms with Crippen LogP contribution in [0.1, 0.15) is 6.42 Å². The van der Waals surface area contributed by atoms with E-state index in [0.717, 1.165) is 0 Å². The van der Waals surface area contributed by atoms with E-state index in [1.807, 2.05) is 0 Å². The number of hydrogen-bond acceptors (Lipinski definition) is 8. The molecule has 0 aromatic carbocycles. The highest BCUT2D eigenvalue weighted by Crippen LogP contribution is 2.80. The molecule has 134 valence electrons. The first-order valence-corrected chi connectivity index (χ1v) is 9.36. The fourth-order valence-corrected chi connectivity index (χ4v) is 5.44. The molecule has 0 bridgehead atoms. The number of nitrogens with two attached hydrogens (primary N) is 1. The molecule has 1 spiro atoms. The van der Waals surface area contributed by atoms with Gasteiger partial charge in [0.15, 0.2) is 23.7 Å². The highest BCUT2D eigenvalue weighted by Gasteiger charge is 3.00. The molecule has 6 N–H and O–H groups in total. The van der Waals surface area contributed by atoms with Crippen molar-refractivity contribution in [3.63, 3.8) is 0 Å². The Morgan fingerprint density at radius 2 is 2.20 bits per heavy atom. The molecule has 1 aromatic rings. The van der Waals surface area contributed by atoms with Crippen molar-refractivity contribution in [2.45, 2.75) is 24.3 Å². The van der Waals surface area contributed by atoms with Crippen molar-refractivity contribution in [3.05, 3.63) is 5.28 Å². The Morgan fingerprint density at radius 1 is 1.48 bits per heavy atom. The Morgan fingerprint density at radius 3 is 2.80 bits per heavy atom. The van der Waals surface area contributed by atoms with Crippen molar-refractivity contribution in [2.75, 3.05) is 12.3 Å². The summed E-state index contributed by atoms with van der Waals surface area (Å²) >= 11 is 5.88. The summed E-state index contributed by atoms with van der Waals surface area (Å²) in [6.45, 7) is -0.335. The molecule has 5 rings (SSSR count). The SMILES string of the molecule is Nc1nc(Cl)nc2c1N=C[N+]21C2[C@H]3C[C@@]3(COP(=O)(O)O)[C@@H](O)[C@@]21O. The van der Waals surface area contributed by atoms with E-state index in [1.54, 1.807) is 0 Å². The Balaban J connectivity index is 1.52. The highest BCUT2D eigenvalue weighted by molar-refractivity contribution is 7.46. The Labute approximate surface area is 145 Å². The Hall–Kier alpha value is -1.17. The third kappa shape index (κ3) is 1.64. The zero-order valence-electron chi connectivity index (χ0n) is 12.5. The second-order valence-electron chi connectivity index (χ2n) is 7.01. The van der Waals surface area contributed by atoms with Crippen molar-refractivity contribution in [2.24, 2.45) is 16.3 Å². The Bertz CT molecular complexity index is 910. The lowest BCUT2D eigenvalue weighted by molar-refractivity contribution is -0.0654. The van der Waals surface area contributed by atoms with E-state index in [9.17, 15) is 14.8 Å². The summed E-state index contributed by atoms with van der Waals surface area (Å²) in [6, 6.07) is -0.460. The second-order valence-corrected chi connectivity index (χ2v) is 8.59. The molecule has 1 saturated heterocycles. The quantitative estimate of drug-likeness (QED) is 0.193. The van der Waals surface area contributed by atoms with Gasteiger partial charge in [-0.05, 0) is 18.0 Å². The van der Waals surface area contributed by atoms with Gasteiger partial charge in [-0.25, -0.2) is 4.57 Å². The predicted octanol–water partition coefficient (Wildman–Crippen LogP) is -0.746. The number of phosphoric ester groups is 1. The predicted molar refractivity (Wildman–Crippen MR) is 84.7 cm³/mol. The topological polar surface area (TPSA) is 171 Å². The fourth-order valence-electron chi connectivity index (χ4n) is 4.86. The maximum atomic E-state index is 11.1. The number of quaternary nitrogens is 1. The number of nitrogens with zero attached hydrogens (tertiary/aromatic N) is 4. The number of nitrogen functional groups attached to an aromatic ring is 1. The minimum Gasteiger partial charge on any atom is -0.383 e. The molecule has 6 atom stereocenters. The third-order valence-electron chi connectivity index (χ3n) is 5.99. The number of aliphatic hydroxyl groups is 2. The first kappa shape index (κ1) is 16.0. The monoisotopic (exact) mass is 390 g/mol. The number of aliphatic imine (C=N–C) groups is 1. The number of hydrogen-bond donors (Lipinski definition) is 5. The molecule has 1 aromatic heterocycles. The fraction of sp³-hybridized carbons (Fsp3) is 0.583. The van der Waals surface area contributed by atoms with Crippen molar-refractivity contribution in [1.82, 2.24) is 14.5 Å². The molecule has 2 saturated carbocycles. The summed E-state index contributed by atoms with van der Waals surface area (Å²) in [5.41, 5.74) is 3.61. The number of anilines is 1. The summed E-state index contributed by atoms with van der Waals surface area (Å²) in [5.74, 6) is 0.197. The lowest BCUT2D eigenvalue weighted by atomic mass is 9.98. The molecule has 0 radical (unpaired) electrons. The minimum atomic E-state index is -4.67. The average molecular weight is 391 g/mol. The van der Waals surface area contributed by atoms with E-state index >= 15 is 0 Å². The average Bonchev–Trinajstić information content (AvgIpc) is 3.25. The van der Waals surface area contributed by atoms with Gasteiger partial charge in [-0.1, -0.05) is 0 Å². The zero-order chi connectivity index (χ0) is 18.0. The molecule has 2 aliphatic carbocycles. The number of halogens is 1. The van der Waals surface area contributed by atoms with Gasteiger partial charge in [0.2, 0.25) is 11.6 Å². The largest absolute Gasteiger partial charge is 0.469 e. The summed E-state index contributed by atoms with van der Waals surface area (Å²) in [6.07, 6.45) is 0.666. The van der Waals surface area contributed by atoms with Gasteiger partial charge in [0.05, 0.1) is 6.61 Å². The smallest absolute Gasteiger partial charge is 0.383 e. The van der Waals surface area contributed by atoms with Gasteiger partial charge in [-0.3, -0.25) is 4.52 Å². The van der Waals surface area contributed by atoms with Gasteiger partial charge in [-0.15, -0.1) is 0 Å². The summed E-state index contributed by atoms with van der Waals surface area (Å²) in [7, 11) is -4.67. The second kappa shape index (κ2) is 4.21. The first-order chi connectivity index (χ1) is 11.6. The highest BCUT2D eigenvalue weighted by atomic mass is 35.5. The number of aliphatic hydroxyl groups excluding tert-OH is 1. The lowest BCUT2D eigenvalue weighted by Crippen LogP contribution is -2.49. The maximum absolute atomic E-state index is 11.1. The van der Waals surface area contributed by atoms with Crippen LogP contribution in [0.15, 0.2) is 4.99 Å². The van der Waals surface area contributed by atoms with Crippen LogP contribution in [0.3, 0.4) is 0 Å². The van der Waals surface area contributed by atoms with Crippen LogP contribution in [-0.2, 0) is 9.09 Å². The van der Waals surface area contributed by atoms with Crippen LogP contribution in [0.2, 0.25) is 5.28 Å². The van der Waals surface area contributed by atoms with Crippen molar-refractivity contribution < 1.29 is 29.1 Å². The van der Waals surface area contributed by atoms with Gasteiger partial charge >= 0.3 is 7.82 Å². The van der Waals surface area contributed by atoms with E-state index < -0.39 is 31.1 Å². The number of piperidine rings is 1. The van der Waals surface area contributed by atoms with Crippen LogP contribution >= 0.6 is 19.4 Å².